The van der Waals surface area contributed by atoms with Crippen molar-refractivity contribution >= 4 is 29.9 Å². The van der Waals surface area contributed by atoms with Crippen molar-refractivity contribution in [3.63, 3.8) is 0 Å². The predicted molar refractivity (Wildman–Crippen MR) is 296 cm³/mol. The van der Waals surface area contributed by atoms with Crippen LogP contribution in [0.2, 0.25) is 0 Å². The zero-order chi connectivity index (χ0) is 50.1. The zero-order valence-electron chi connectivity index (χ0n) is 44.2. The van der Waals surface area contributed by atoms with Crippen molar-refractivity contribution in [3.05, 3.63) is 24.6 Å². The number of carbonyl (C=O) groups excluding carboxylic acids is 1. The first-order chi connectivity index (χ1) is 33.0. The summed E-state index contributed by atoms with van der Waals surface area (Å²) in [5.74, 6) is 1.30. The lowest BCUT2D eigenvalue weighted by Gasteiger charge is -2.31. The summed E-state index contributed by atoms with van der Waals surface area (Å²) in [6, 6.07) is 0.265. The van der Waals surface area contributed by atoms with E-state index >= 15 is 0 Å². The van der Waals surface area contributed by atoms with E-state index in [4.69, 9.17) is 34.4 Å². The van der Waals surface area contributed by atoms with Gasteiger partial charge in [-0.05, 0) is 64.2 Å². The van der Waals surface area contributed by atoms with Gasteiger partial charge in [-0.15, -0.1) is 0 Å². The third kappa shape index (κ3) is 44.3. The average molecular weight is 958 g/mol. The molecular formula is C53H108N14O. The summed E-state index contributed by atoms with van der Waals surface area (Å²) in [6.07, 6.45) is 39.2. The van der Waals surface area contributed by atoms with Crippen LogP contribution in [0.15, 0.2) is 44.5 Å². The third-order valence-corrected chi connectivity index (χ3v) is 12.5. The van der Waals surface area contributed by atoms with Crippen LogP contribution in [0.3, 0.4) is 0 Å². The minimum absolute atomic E-state index is 0.181. The molecule has 0 atom stereocenters. The Morgan fingerprint density at radius 3 is 0.779 bits per heavy atom. The highest BCUT2D eigenvalue weighted by Crippen LogP contribution is 2.16. The number of nitrogens with zero attached hydrogens (tertiary/aromatic N) is 6. The Morgan fingerprint density at radius 2 is 0.559 bits per heavy atom. The molecule has 0 spiro atoms. The van der Waals surface area contributed by atoms with Crippen LogP contribution in [0.25, 0.3) is 0 Å². The van der Waals surface area contributed by atoms with Crippen LogP contribution in [0.5, 0.6) is 0 Å². The number of nitrogens with one attached hydrogen (secondary N) is 2. The van der Waals surface area contributed by atoms with Gasteiger partial charge in [-0.2, -0.15) is 0 Å². The van der Waals surface area contributed by atoms with Crippen LogP contribution in [-0.2, 0) is 0 Å². The number of urea groups is 1. The Bertz CT molecular complexity index is 1240. The van der Waals surface area contributed by atoms with Gasteiger partial charge in [0.2, 0.25) is 0 Å². The standard InChI is InChI=1S/C53H108N14O/c1-5-47(3)64-51(58)62-41-33-25-17-9-13-21-29-37-45-66(43-35-27-19-11-7-15-23-31-39-60-49(54)55)53(68)67(44-36-28-20-12-8-16-24-32-40-61-50(56)57)46-38-30-22-14-10-18-26-34-42-63-52(59)65-48(4)6-2/h3-46H2,1-2H3,(H4,54,55,60)(H4,56,57,61)(H3,58,62,64)(H3,59,63,65). The highest BCUT2D eigenvalue weighted by Gasteiger charge is 2.20. The number of unbranched alkanes of at least 4 members (excludes halogenated alkanes) is 28. The van der Waals surface area contributed by atoms with E-state index in [9.17, 15) is 4.79 Å². The van der Waals surface area contributed by atoms with Crippen LogP contribution in [0.1, 0.15) is 232 Å². The molecule has 68 heavy (non-hydrogen) atoms. The normalized spacial score (nSPS) is 11.6. The summed E-state index contributed by atoms with van der Waals surface area (Å²) >= 11 is 0. The molecule has 14 N–H and O–H groups in total. The molecule has 0 unspecified atom stereocenters. The number of carbonyl (C=O) groups is 1. The van der Waals surface area contributed by atoms with Crippen molar-refractivity contribution in [2.75, 3.05) is 52.4 Å². The second-order valence-electron chi connectivity index (χ2n) is 18.9. The molecule has 0 aromatic rings. The summed E-state index contributed by atoms with van der Waals surface area (Å²) in [5, 5.41) is 6.10. The quantitative estimate of drug-likeness (QED) is 0.0164. The van der Waals surface area contributed by atoms with E-state index in [1.54, 1.807) is 0 Å². The molecule has 396 valence electrons. The molecule has 0 saturated heterocycles. The van der Waals surface area contributed by atoms with Gasteiger partial charge < -0.3 is 54.8 Å². The average Bonchev–Trinajstić information content (AvgIpc) is 3.31. The Labute approximate surface area is 417 Å². The fourth-order valence-electron chi connectivity index (χ4n) is 8.14. The molecule has 15 heteroatoms. The molecule has 0 aliphatic carbocycles. The van der Waals surface area contributed by atoms with Gasteiger partial charge in [0.25, 0.3) is 0 Å². The Hall–Kier alpha value is -4.17. The monoisotopic (exact) mass is 957 g/mol. The fourth-order valence-corrected chi connectivity index (χ4v) is 8.14. The van der Waals surface area contributed by atoms with E-state index in [1.807, 2.05) is 13.8 Å². The number of guanidine groups is 4. The van der Waals surface area contributed by atoms with Crippen molar-refractivity contribution in [2.24, 2.45) is 54.4 Å². The molecule has 0 aliphatic heterocycles. The molecule has 15 nitrogen and oxygen atoms in total. The van der Waals surface area contributed by atoms with Crippen molar-refractivity contribution in [1.29, 1.82) is 0 Å². The molecule has 0 aromatic heterocycles. The van der Waals surface area contributed by atoms with E-state index in [-0.39, 0.29) is 18.0 Å². The van der Waals surface area contributed by atoms with Gasteiger partial charge >= 0.3 is 6.03 Å². The highest BCUT2D eigenvalue weighted by molar-refractivity contribution is 5.80. The second-order valence-corrected chi connectivity index (χ2v) is 18.9. The summed E-state index contributed by atoms with van der Waals surface area (Å²) < 4.78 is 0. The zero-order valence-corrected chi connectivity index (χ0v) is 44.2. The van der Waals surface area contributed by atoms with Crippen LogP contribution < -0.4 is 45.0 Å². The predicted octanol–water partition coefficient (Wildman–Crippen LogP) is 10.4. The first-order valence-electron chi connectivity index (χ1n) is 27.6. The van der Waals surface area contributed by atoms with E-state index < -0.39 is 0 Å². The molecule has 0 heterocycles. The topological polar surface area (TPSA) is 253 Å². The second kappa shape index (κ2) is 47.9. The van der Waals surface area contributed by atoms with Gasteiger partial charge in [-0.1, -0.05) is 181 Å². The van der Waals surface area contributed by atoms with Gasteiger partial charge in [0.05, 0.1) is 0 Å². The van der Waals surface area contributed by atoms with Crippen molar-refractivity contribution in [2.45, 2.75) is 232 Å². The number of amides is 2. The largest absolute Gasteiger partial charge is 0.370 e. The smallest absolute Gasteiger partial charge is 0.319 e. The van der Waals surface area contributed by atoms with Gasteiger partial charge in [0.1, 0.15) is 0 Å². The number of nitrogens with two attached hydrogens (primary N) is 6. The SMILES string of the molecule is C=C(CC)NC(N)=NCCCCCCCCCCN(CCCCCCCCCCN=C(N)N)C(=O)N(CCCCCCCCCCN=C(N)N)CCCCCCCCCCN=C(N)NC(=C)CC. The summed E-state index contributed by atoms with van der Waals surface area (Å²) in [6.45, 7) is 18.3. The highest BCUT2D eigenvalue weighted by atomic mass is 16.2. The van der Waals surface area contributed by atoms with Crippen molar-refractivity contribution in [3.8, 4) is 0 Å². The van der Waals surface area contributed by atoms with Crippen LogP contribution >= 0.6 is 0 Å². The van der Waals surface area contributed by atoms with Gasteiger partial charge in [0.15, 0.2) is 23.8 Å². The lowest BCUT2D eigenvalue weighted by atomic mass is 10.1. The Morgan fingerprint density at radius 1 is 0.353 bits per heavy atom. The number of aliphatic imine (C=N–C) groups is 4. The lowest BCUT2D eigenvalue weighted by molar-refractivity contribution is 0.148. The van der Waals surface area contributed by atoms with E-state index in [0.29, 0.717) is 11.9 Å². The molecule has 0 radical (unpaired) electrons. The summed E-state index contributed by atoms with van der Waals surface area (Å²) in [7, 11) is 0. The van der Waals surface area contributed by atoms with Crippen molar-refractivity contribution in [1.82, 2.24) is 20.4 Å². The molecule has 0 fully saturated rings. The minimum Gasteiger partial charge on any atom is -0.370 e. The molecule has 0 bridgehead atoms. The van der Waals surface area contributed by atoms with E-state index in [2.05, 4.69) is 53.6 Å². The maximum Gasteiger partial charge on any atom is 0.319 e. The molecule has 2 amide bonds. The first-order valence-corrected chi connectivity index (χ1v) is 27.6. The molecule has 0 rings (SSSR count). The number of rotatable bonds is 48. The van der Waals surface area contributed by atoms with Crippen LogP contribution in [0, 0.1) is 0 Å². The maximum absolute atomic E-state index is 14.5. The lowest BCUT2D eigenvalue weighted by Crippen LogP contribution is -2.45. The number of hydrogen-bond donors (Lipinski definition) is 8. The van der Waals surface area contributed by atoms with Crippen LogP contribution in [0.4, 0.5) is 4.79 Å². The van der Waals surface area contributed by atoms with E-state index in [1.165, 1.54) is 141 Å². The molecule has 0 aromatic carbocycles. The van der Waals surface area contributed by atoms with Gasteiger partial charge in [-0.3, -0.25) is 20.0 Å². The number of hydrogen-bond acceptors (Lipinski definition) is 5. The van der Waals surface area contributed by atoms with Crippen LogP contribution in [-0.4, -0.2) is 92.0 Å². The van der Waals surface area contributed by atoms with Gasteiger partial charge in [0, 0.05) is 63.8 Å². The summed E-state index contributed by atoms with van der Waals surface area (Å²) in [5.41, 5.74) is 35.5. The van der Waals surface area contributed by atoms with Gasteiger partial charge in [-0.25, -0.2) is 4.79 Å². The number of allylic oxidation sites excluding steroid dienone is 2. The van der Waals surface area contributed by atoms with Crippen molar-refractivity contribution < 1.29 is 4.79 Å². The third-order valence-electron chi connectivity index (χ3n) is 12.5. The Balaban J connectivity index is 5.16. The maximum atomic E-state index is 14.5. The molecule has 0 aliphatic rings. The van der Waals surface area contributed by atoms with E-state index in [0.717, 1.165) is 141 Å². The molecular weight excluding hydrogens is 849 g/mol. The fraction of sp³-hybridized carbons (Fsp3) is 0.830. The Kier molecular flexibility index (Phi) is 44.9. The first kappa shape index (κ1) is 63.8. The minimum atomic E-state index is 0.181. The summed E-state index contributed by atoms with van der Waals surface area (Å²) in [4.78, 5) is 36.0. The molecule has 0 saturated carbocycles.